The SMILES string of the molecule is CC(=O)Oc1c(C)nc(C)nc1O. The molecule has 1 aromatic heterocycles. The summed E-state index contributed by atoms with van der Waals surface area (Å²) in [7, 11) is 0. The first-order chi connectivity index (χ1) is 6.00. The highest BCUT2D eigenvalue weighted by molar-refractivity contribution is 5.70. The zero-order valence-corrected chi connectivity index (χ0v) is 7.66. The molecule has 0 unspecified atom stereocenters. The van der Waals surface area contributed by atoms with Crippen molar-refractivity contribution in [2.45, 2.75) is 20.8 Å². The molecule has 70 valence electrons. The second-order valence-electron chi connectivity index (χ2n) is 2.60. The van der Waals surface area contributed by atoms with Gasteiger partial charge in [0.05, 0.1) is 5.69 Å². The second kappa shape index (κ2) is 3.38. The molecule has 0 saturated carbocycles. The van der Waals surface area contributed by atoms with Crippen molar-refractivity contribution in [2.24, 2.45) is 0 Å². The minimum absolute atomic E-state index is 0.0260. The third-order valence-corrected chi connectivity index (χ3v) is 1.37. The average Bonchev–Trinajstić information content (AvgIpc) is 1.96. The Kier molecular flexibility index (Phi) is 2.46. The molecule has 0 aliphatic carbocycles. The van der Waals surface area contributed by atoms with Gasteiger partial charge in [0.25, 0.3) is 5.88 Å². The van der Waals surface area contributed by atoms with E-state index in [-0.39, 0.29) is 11.6 Å². The van der Waals surface area contributed by atoms with Crippen molar-refractivity contribution in [3.63, 3.8) is 0 Å². The van der Waals surface area contributed by atoms with Crippen molar-refractivity contribution < 1.29 is 14.6 Å². The number of carbonyl (C=O) groups is 1. The van der Waals surface area contributed by atoms with Crippen molar-refractivity contribution in [3.05, 3.63) is 11.5 Å². The average molecular weight is 182 g/mol. The van der Waals surface area contributed by atoms with E-state index in [2.05, 4.69) is 9.97 Å². The van der Waals surface area contributed by atoms with Gasteiger partial charge in [-0.1, -0.05) is 0 Å². The Labute approximate surface area is 75.4 Å². The molecule has 0 aliphatic heterocycles. The molecule has 0 fully saturated rings. The lowest BCUT2D eigenvalue weighted by atomic mass is 10.4. The van der Waals surface area contributed by atoms with Crippen LogP contribution in [0.5, 0.6) is 11.6 Å². The highest BCUT2D eigenvalue weighted by atomic mass is 16.5. The van der Waals surface area contributed by atoms with Gasteiger partial charge >= 0.3 is 5.97 Å². The summed E-state index contributed by atoms with van der Waals surface area (Å²) in [6, 6.07) is 0. The van der Waals surface area contributed by atoms with Gasteiger partial charge < -0.3 is 9.84 Å². The highest BCUT2D eigenvalue weighted by Gasteiger charge is 2.12. The van der Waals surface area contributed by atoms with Crippen molar-refractivity contribution in [1.29, 1.82) is 0 Å². The van der Waals surface area contributed by atoms with Crippen LogP contribution in [0.15, 0.2) is 0 Å². The van der Waals surface area contributed by atoms with Crippen LogP contribution in [0.25, 0.3) is 0 Å². The minimum atomic E-state index is -0.508. The van der Waals surface area contributed by atoms with E-state index >= 15 is 0 Å². The summed E-state index contributed by atoms with van der Waals surface area (Å²) >= 11 is 0. The molecule has 5 nitrogen and oxygen atoms in total. The fraction of sp³-hybridized carbons (Fsp3) is 0.375. The van der Waals surface area contributed by atoms with Crippen molar-refractivity contribution in [3.8, 4) is 11.6 Å². The molecule has 1 aromatic rings. The molecule has 0 saturated heterocycles. The zero-order chi connectivity index (χ0) is 10.0. The van der Waals surface area contributed by atoms with Gasteiger partial charge in [-0.25, -0.2) is 4.98 Å². The molecule has 0 aromatic carbocycles. The first-order valence-corrected chi connectivity index (χ1v) is 3.73. The van der Waals surface area contributed by atoms with Crippen molar-refractivity contribution in [1.82, 2.24) is 9.97 Å². The van der Waals surface area contributed by atoms with E-state index in [1.165, 1.54) is 6.92 Å². The molecule has 1 N–H and O–H groups in total. The molecule has 0 amide bonds. The van der Waals surface area contributed by atoms with E-state index in [9.17, 15) is 9.90 Å². The standard InChI is InChI=1S/C8H10N2O3/c1-4-7(13-6(3)11)8(12)10-5(2)9-4/h1-3H3,(H,9,10,12). The third-order valence-electron chi connectivity index (χ3n) is 1.37. The number of ether oxygens (including phenoxy) is 1. The lowest BCUT2D eigenvalue weighted by Gasteiger charge is -2.06. The molecule has 5 heteroatoms. The van der Waals surface area contributed by atoms with E-state index in [1.807, 2.05) is 0 Å². The summed E-state index contributed by atoms with van der Waals surface area (Å²) in [5, 5.41) is 9.29. The van der Waals surface area contributed by atoms with E-state index in [0.717, 1.165) is 0 Å². The number of esters is 1. The Morgan fingerprint density at radius 1 is 1.38 bits per heavy atom. The number of aromatic nitrogens is 2. The van der Waals surface area contributed by atoms with Crippen LogP contribution in [0, 0.1) is 13.8 Å². The molecule has 0 atom stereocenters. The predicted molar refractivity (Wildman–Crippen MR) is 44.5 cm³/mol. The molecular formula is C8H10N2O3. The fourth-order valence-corrected chi connectivity index (χ4v) is 0.948. The normalized spacial score (nSPS) is 9.77. The van der Waals surface area contributed by atoms with Crippen molar-refractivity contribution >= 4 is 5.97 Å². The summed E-state index contributed by atoms with van der Waals surface area (Å²) in [4.78, 5) is 18.2. The fourth-order valence-electron chi connectivity index (χ4n) is 0.948. The van der Waals surface area contributed by atoms with Gasteiger partial charge in [0.15, 0.2) is 0 Å². The highest BCUT2D eigenvalue weighted by Crippen LogP contribution is 2.25. The number of carbonyl (C=O) groups excluding carboxylic acids is 1. The number of nitrogens with zero attached hydrogens (tertiary/aromatic N) is 2. The predicted octanol–water partition coefficient (Wildman–Crippen LogP) is 0.724. The monoisotopic (exact) mass is 182 g/mol. The van der Waals surface area contributed by atoms with E-state index < -0.39 is 5.97 Å². The van der Waals surface area contributed by atoms with Gasteiger partial charge in [0, 0.05) is 6.92 Å². The Bertz CT molecular complexity index is 326. The first-order valence-electron chi connectivity index (χ1n) is 3.73. The summed E-state index contributed by atoms with van der Waals surface area (Å²) in [6.45, 7) is 4.52. The summed E-state index contributed by atoms with van der Waals surface area (Å²) in [5.41, 5.74) is 0.445. The Morgan fingerprint density at radius 2 is 2.00 bits per heavy atom. The minimum Gasteiger partial charge on any atom is -0.491 e. The van der Waals surface area contributed by atoms with Gasteiger partial charge in [-0.2, -0.15) is 4.98 Å². The first kappa shape index (κ1) is 9.44. The summed E-state index contributed by atoms with van der Waals surface area (Å²) in [6.07, 6.45) is 0. The van der Waals surface area contributed by atoms with E-state index in [4.69, 9.17) is 4.74 Å². The number of aryl methyl sites for hydroxylation is 2. The van der Waals surface area contributed by atoms with Gasteiger partial charge in [0.1, 0.15) is 5.82 Å². The number of hydrogen-bond acceptors (Lipinski definition) is 5. The maximum Gasteiger partial charge on any atom is 0.308 e. The Morgan fingerprint density at radius 3 is 2.46 bits per heavy atom. The van der Waals surface area contributed by atoms with E-state index in [1.54, 1.807) is 13.8 Å². The summed E-state index contributed by atoms with van der Waals surface area (Å²) < 4.78 is 4.72. The maximum atomic E-state index is 10.6. The van der Waals surface area contributed by atoms with E-state index in [0.29, 0.717) is 11.5 Å². The molecular weight excluding hydrogens is 172 g/mol. The largest absolute Gasteiger partial charge is 0.491 e. The van der Waals surface area contributed by atoms with Gasteiger partial charge in [-0.15, -0.1) is 0 Å². The smallest absolute Gasteiger partial charge is 0.308 e. The van der Waals surface area contributed by atoms with Gasteiger partial charge in [-0.05, 0) is 13.8 Å². The van der Waals surface area contributed by atoms with Crippen LogP contribution in [0.1, 0.15) is 18.4 Å². The molecule has 0 radical (unpaired) electrons. The topological polar surface area (TPSA) is 72.3 Å². The lowest BCUT2D eigenvalue weighted by molar-refractivity contribution is -0.132. The molecule has 0 spiro atoms. The van der Waals surface area contributed by atoms with Crippen LogP contribution in [0.3, 0.4) is 0 Å². The van der Waals surface area contributed by atoms with Crippen LogP contribution in [-0.2, 0) is 4.79 Å². The van der Waals surface area contributed by atoms with Crippen LogP contribution in [0.4, 0.5) is 0 Å². The molecule has 1 rings (SSSR count). The zero-order valence-electron chi connectivity index (χ0n) is 7.66. The Hall–Kier alpha value is -1.65. The van der Waals surface area contributed by atoms with Crippen LogP contribution in [0.2, 0.25) is 0 Å². The van der Waals surface area contributed by atoms with Gasteiger partial charge in [-0.3, -0.25) is 4.79 Å². The van der Waals surface area contributed by atoms with Gasteiger partial charge in [0.2, 0.25) is 5.75 Å². The lowest BCUT2D eigenvalue weighted by Crippen LogP contribution is -2.05. The number of rotatable bonds is 1. The van der Waals surface area contributed by atoms with Crippen LogP contribution < -0.4 is 4.74 Å². The van der Waals surface area contributed by atoms with Crippen LogP contribution in [-0.4, -0.2) is 21.0 Å². The number of aromatic hydroxyl groups is 1. The molecule has 13 heavy (non-hydrogen) atoms. The maximum absolute atomic E-state index is 10.6. The molecule has 1 heterocycles. The quantitative estimate of drug-likeness (QED) is 0.648. The molecule has 0 bridgehead atoms. The number of hydrogen-bond donors (Lipinski definition) is 1. The van der Waals surface area contributed by atoms with Crippen molar-refractivity contribution in [2.75, 3.05) is 0 Å². The summed E-state index contributed by atoms with van der Waals surface area (Å²) in [5.74, 6) is -0.352. The van der Waals surface area contributed by atoms with Crippen LogP contribution >= 0.6 is 0 Å². The third kappa shape index (κ3) is 2.14. The molecule has 0 aliphatic rings. The second-order valence-corrected chi connectivity index (χ2v) is 2.60. The Balaban J connectivity index is 3.13.